The molecule has 0 nitrogen and oxygen atoms in total. The van der Waals surface area contributed by atoms with Crippen molar-refractivity contribution in [1.29, 1.82) is 0 Å². The van der Waals surface area contributed by atoms with Gasteiger partial charge in [-0.05, 0) is 87.9 Å². The van der Waals surface area contributed by atoms with Gasteiger partial charge in [0.1, 0.15) is 0 Å². The van der Waals surface area contributed by atoms with E-state index in [2.05, 4.69) is 46.8 Å². The van der Waals surface area contributed by atoms with Crippen LogP contribution in [0.25, 0.3) is 0 Å². The third-order valence-electron chi connectivity index (χ3n) is 6.61. The topological polar surface area (TPSA) is 0 Å². The summed E-state index contributed by atoms with van der Waals surface area (Å²) in [6, 6.07) is 0. The molecule has 0 bridgehead atoms. The van der Waals surface area contributed by atoms with Crippen LogP contribution in [0.15, 0.2) is 23.3 Å². The fraction of sp³-hybridized carbons (Fsp3) is 0.826. The maximum Gasteiger partial charge on any atom is -0.0229 e. The number of fused-ring (bicyclic) bond motifs is 1. The summed E-state index contributed by atoms with van der Waals surface area (Å²) in [4.78, 5) is 0. The second-order valence-corrected chi connectivity index (χ2v) is 8.79. The van der Waals surface area contributed by atoms with Crippen molar-refractivity contribution in [3.8, 4) is 0 Å². The minimum Gasteiger partial charge on any atom is -0.0856 e. The van der Waals surface area contributed by atoms with E-state index in [0.29, 0.717) is 0 Å². The van der Waals surface area contributed by atoms with Gasteiger partial charge >= 0.3 is 0 Å². The molecule has 2 aliphatic rings. The van der Waals surface area contributed by atoms with Crippen LogP contribution in [-0.4, -0.2) is 0 Å². The molecule has 0 aromatic heterocycles. The van der Waals surface area contributed by atoms with Crippen molar-refractivity contribution in [2.45, 2.75) is 92.4 Å². The number of allylic oxidation sites excluding steroid dienone is 4. The molecule has 0 spiro atoms. The van der Waals surface area contributed by atoms with Gasteiger partial charge in [0.25, 0.3) is 0 Å². The van der Waals surface area contributed by atoms with Gasteiger partial charge in [-0.25, -0.2) is 0 Å². The molecule has 0 heteroatoms. The van der Waals surface area contributed by atoms with Crippen LogP contribution >= 0.6 is 0 Å². The third kappa shape index (κ3) is 6.12. The van der Waals surface area contributed by atoms with E-state index in [1.165, 1.54) is 57.8 Å². The first-order valence-corrected chi connectivity index (χ1v) is 10.4. The van der Waals surface area contributed by atoms with E-state index < -0.39 is 0 Å². The van der Waals surface area contributed by atoms with Crippen molar-refractivity contribution >= 4 is 0 Å². The van der Waals surface area contributed by atoms with Gasteiger partial charge in [0.2, 0.25) is 0 Å². The summed E-state index contributed by atoms with van der Waals surface area (Å²) in [5.41, 5.74) is 3.38. The summed E-state index contributed by atoms with van der Waals surface area (Å²) in [5.74, 6) is 4.58. The fourth-order valence-corrected chi connectivity index (χ4v) is 4.55. The van der Waals surface area contributed by atoms with Crippen LogP contribution in [-0.2, 0) is 0 Å². The summed E-state index contributed by atoms with van der Waals surface area (Å²) in [7, 11) is 0. The highest BCUT2D eigenvalue weighted by molar-refractivity contribution is 5.11. The Kier molecular flexibility index (Phi) is 7.44. The molecular formula is C23H40. The molecular weight excluding hydrogens is 276 g/mol. The molecule has 0 amide bonds. The van der Waals surface area contributed by atoms with Gasteiger partial charge in [-0.15, -0.1) is 0 Å². The Morgan fingerprint density at radius 3 is 2.26 bits per heavy atom. The van der Waals surface area contributed by atoms with E-state index >= 15 is 0 Å². The lowest BCUT2D eigenvalue weighted by molar-refractivity contribution is 0.312. The van der Waals surface area contributed by atoms with Crippen LogP contribution in [0, 0.1) is 29.6 Å². The van der Waals surface area contributed by atoms with Gasteiger partial charge < -0.3 is 0 Å². The van der Waals surface area contributed by atoms with Crippen LogP contribution in [0.2, 0.25) is 0 Å². The maximum atomic E-state index is 2.64. The quantitative estimate of drug-likeness (QED) is 0.459. The lowest BCUT2D eigenvalue weighted by Gasteiger charge is -2.25. The molecule has 0 aromatic rings. The van der Waals surface area contributed by atoms with E-state index in [0.717, 1.165) is 29.6 Å². The zero-order valence-electron chi connectivity index (χ0n) is 16.4. The molecule has 0 saturated heterocycles. The van der Waals surface area contributed by atoms with Crippen molar-refractivity contribution in [2.24, 2.45) is 29.6 Å². The van der Waals surface area contributed by atoms with Crippen molar-refractivity contribution in [3.05, 3.63) is 23.3 Å². The average Bonchev–Trinajstić information content (AvgIpc) is 3.24. The van der Waals surface area contributed by atoms with E-state index in [-0.39, 0.29) is 0 Å². The standard InChI is InChI=1S/C23H40/c1-6-20(17(2)3)15-19(5)21-10-8-12-23-16-22(23)11-7-9-18(4)13-14-21/h9-10,17,19-20,22-23H,6-8,11-16H2,1-5H3. The summed E-state index contributed by atoms with van der Waals surface area (Å²) in [5, 5.41) is 0. The van der Waals surface area contributed by atoms with Gasteiger partial charge in [0, 0.05) is 0 Å². The smallest absolute Gasteiger partial charge is 0.0229 e. The predicted octanol–water partition coefficient (Wildman–Crippen LogP) is 7.56. The van der Waals surface area contributed by atoms with Crippen molar-refractivity contribution in [3.63, 3.8) is 0 Å². The number of hydrogen-bond acceptors (Lipinski definition) is 0. The van der Waals surface area contributed by atoms with E-state index in [1.807, 2.05) is 0 Å². The molecule has 0 radical (unpaired) electrons. The average molecular weight is 317 g/mol. The molecule has 1 fully saturated rings. The zero-order chi connectivity index (χ0) is 16.8. The minimum atomic E-state index is 0.771. The summed E-state index contributed by atoms with van der Waals surface area (Å²) in [6.45, 7) is 12.0. The molecule has 132 valence electrons. The van der Waals surface area contributed by atoms with Gasteiger partial charge in [-0.2, -0.15) is 0 Å². The molecule has 23 heavy (non-hydrogen) atoms. The van der Waals surface area contributed by atoms with Crippen molar-refractivity contribution < 1.29 is 0 Å². The minimum absolute atomic E-state index is 0.771. The molecule has 0 N–H and O–H groups in total. The van der Waals surface area contributed by atoms with Gasteiger partial charge in [0.15, 0.2) is 0 Å². The van der Waals surface area contributed by atoms with Crippen LogP contribution in [0.1, 0.15) is 92.4 Å². The third-order valence-corrected chi connectivity index (χ3v) is 6.61. The summed E-state index contributed by atoms with van der Waals surface area (Å²) in [6.07, 6.45) is 17.5. The predicted molar refractivity (Wildman–Crippen MR) is 104 cm³/mol. The Hall–Kier alpha value is -0.520. The largest absolute Gasteiger partial charge is 0.0856 e. The highest BCUT2D eigenvalue weighted by atomic mass is 14.4. The Labute approximate surface area is 145 Å². The lowest BCUT2D eigenvalue weighted by Crippen LogP contribution is -2.13. The molecule has 4 unspecified atom stereocenters. The molecule has 4 atom stereocenters. The second-order valence-electron chi connectivity index (χ2n) is 8.79. The molecule has 1 saturated carbocycles. The van der Waals surface area contributed by atoms with Crippen LogP contribution < -0.4 is 0 Å². The number of rotatable bonds is 5. The van der Waals surface area contributed by atoms with E-state index in [1.54, 1.807) is 11.1 Å². The van der Waals surface area contributed by atoms with Crippen molar-refractivity contribution in [2.75, 3.05) is 0 Å². The Balaban J connectivity index is 1.99. The molecule has 2 rings (SSSR count). The normalized spacial score (nSPS) is 28.8. The first-order chi connectivity index (χ1) is 11.0. The fourth-order valence-electron chi connectivity index (χ4n) is 4.55. The zero-order valence-corrected chi connectivity index (χ0v) is 16.4. The Bertz CT molecular complexity index is 412. The number of hydrogen-bond donors (Lipinski definition) is 0. The highest BCUT2D eigenvalue weighted by Crippen LogP contribution is 2.45. The van der Waals surface area contributed by atoms with Crippen LogP contribution in [0.3, 0.4) is 0 Å². The van der Waals surface area contributed by atoms with E-state index in [4.69, 9.17) is 0 Å². The first-order valence-electron chi connectivity index (χ1n) is 10.4. The Morgan fingerprint density at radius 2 is 1.65 bits per heavy atom. The SMILES string of the molecule is CCC(CC(C)C1=CCCC2CC2CCC=C(C)CC1)C(C)C. The molecule has 0 aliphatic heterocycles. The van der Waals surface area contributed by atoms with Crippen molar-refractivity contribution in [1.82, 2.24) is 0 Å². The first kappa shape index (κ1) is 18.8. The lowest BCUT2D eigenvalue weighted by atomic mass is 9.80. The molecule has 2 aliphatic carbocycles. The van der Waals surface area contributed by atoms with Gasteiger partial charge in [0.05, 0.1) is 0 Å². The summed E-state index contributed by atoms with van der Waals surface area (Å²) >= 11 is 0. The maximum absolute atomic E-state index is 2.64. The summed E-state index contributed by atoms with van der Waals surface area (Å²) < 4.78 is 0. The van der Waals surface area contributed by atoms with Crippen LogP contribution in [0.5, 0.6) is 0 Å². The van der Waals surface area contributed by atoms with Crippen LogP contribution in [0.4, 0.5) is 0 Å². The second kappa shape index (κ2) is 9.09. The highest BCUT2D eigenvalue weighted by Gasteiger charge is 2.35. The Morgan fingerprint density at radius 1 is 1.00 bits per heavy atom. The van der Waals surface area contributed by atoms with Gasteiger partial charge in [-0.1, -0.05) is 57.4 Å². The molecule has 0 heterocycles. The van der Waals surface area contributed by atoms with E-state index in [9.17, 15) is 0 Å². The molecule has 0 aromatic carbocycles. The van der Waals surface area contributed by atoms with Gasteiger partial charge in [-0.3, -0.25) is 0 Å². The monoisotopic (exact) mass is 316 g/mol.